The molecule has 55 heavy (non-hydrogen) atoms. The zero-order valence-electron chi connectivity index (χ0n) is 32.1. The molecule has 7 aromatic rings. The standard InChI is InChI=1S/C54H45N/c1-36-30-33-49(45(34-36)38-19-8-5-9-20-38)55(41-31-32-43-42-25-14-15-27-46(42)53(3,4)48(43)35-41)50-29-17-28-47-51(50)44-26-16-18-37(2)52(44)54(47,39-21-10-6-11-22-39)40-23-12-7-13-24-40/h5-17,19-35,37H,18H2,1-4H3. The van der Waals surface area contributed by atoms with Crippen molar-refractivity contribution < 1.29 is 0 Å². The van der Waals surface area contributed by atoms with E-state index in [0.717, 1.165) is 6.42 Å². The first-order valence-electron chi connectivity index (χ1n) is 19.8. The van der Waals surface area contributed by atoms with E-state index in [1.165, 1.54) is 89.4 Å². The summed E-state index contributed by atoms with van der Waals surface area (Å²) in [6, 6.07) is 63.6. The van der Waals surface area contributed by atoms with Crippen LogP contribution in [0.5, 0.6) is 0 Å². The van der Waals surface area contributed by atoms with E-state index in [4.69, 9.17) is 0 Å². The quantitative estimate of drug-likeness (QED) is 0.166. The number of hydrogen-bond acceptors (Lipinski definition) is 1. The van der Waals surface area contributed by atoms with Crippen LogP contribution in [0, 0.1) is 12.8 Å². The molecule has 0 aliphatic heterocycles. The minimum absolute atomic E-state index is 0.130. The molecule has 0 saturated carbocycles. The van der Waals surface area contributed by atoms with Crippen LogP contribution in [0.15, 0.2) is 188 Å². The van der Waals surface area contributed by atoms with Crippen LogP contribution >= 0.6 is 0 Å². The molecule has 0 spiro atoms. The Labute approximate surface area is 326 Å². The monoisotopic (exact) mass is 707 g/mol. The Balaban J connectivity index is 1.31. The van der Waals surface area contributed by atoms with E-state index in [1.807, 2.05) is 0 Å². The molecule has 1 unspecified atom stereocenters. The molecule has 266 valence electrons. The van der Waals surface area contributed by atoms with Crippen molar-refractivity contribution in [3.05, 3.63) is 227 Å². The largest absolute Gasteiger partial charge is 0.309 e. The van der Waals surface area contributed by atoms with Crippen LogP contribution in [0.4, 0.5) is 17.1 Å². The van der Waals surface area contributed by atoms with Gasteiger partial charge in [0.1, 0.15) is 0 Å². The molecule has 1 heteroatoms. The molecular weight excluding hydrogens is 663 g/mol. The number of rotatable bonds is 6. The Kier molecular flexibility index (Phi) is 7.72. The lowest BCUT2D eigenvalue weighted by atomic mass is 9.63. The second kappa shape index (κ2) is 12.7. The molecule has 0 fully saturated rings. The minimum atomic E-state index is -0.434. The highest BCUT2D eigenvalue weighted by molar-refractivity contribution is 6.01. The van der Waals surface area contributed by atoms with Crippen molar-refractivity contribution in [2.24, 2.45) is 5.92 Å². The number of benzene rings is 7. The highest BCUT2D eigenvalue weighted by Gasteiger charge is 2.50. The van der Waals surface area contributed by atoms with Crippen LogP contribution in [0.25, 0.3) is 27.8 Å². The first-order valence-corrected chi connectivity index (χ1v) is 19.8. The van der Waals surface area contributed by atoms with Gasteiger partial charge in [-0.05, 0) is 105 Å². The molecule has 0 aromatic heterocycles. The van der Waals surface area contributed by atoms with Crippen molar-refractivity contribution in [2.45, 2.75) is 44.9 Å². The molecule has 0 N–H and O–H groups in total. The number of allylic oxidation sites excluding steroid dienone is 4. The Morgan fingerprint density at radius 1 is 0.545 bits per heavy atom. The number of hydrogen-bond donors (Lipinski definition) is 0. The summed E-state index contributed by atoms with van der Waals surface area (Å²) in [5, 5.41) is 0. The van der Waals surface area contributed by atoms with Crippen molar-refractivity contribution in [2.75, 3.05) is 4.90 Å². The van der Waals surface area contributed by atoms with Crippen LogP contribution in [-0.2, 0) is 10.8 Å². The lowest BCUT2D eigenvalue weighted by molar-refractivity contribution is 0.583. The summed E-state index contributed by atoms with van der Waals surface area (Å²) in [5.41, 5.74) is 20.2. The minimum Gasteiger partial charge on any atom is -0.309 e. The fourth-order valence-electron chi connectivity index (χ4n) is 10.2. The van der Waals surface area contributed by atoms with E-state index in [0.29, 0.717) is 5.92 Å². The molecule has 3 aliphatic rings. The van der Waals surface area contributed by atoms with E-state index in [-0.39, 0.29) is 5.41 Å². The Morgan fingerprint density at radius 2 is 1.18 bits per heavy atom. The molecule has 0 radical (unpaired) electrons. The second-order valence-electron chi connectivity index (χ2n) is 16.2. The van der Waals surface area contributed by atoms with Gasteiger partial charge in [-0.15, -0.1) is 0 Å². The zero-order chi connectivity index (χ0) is 37.3. The number of nitrogens with zero attached hydrogens (tertiary/aromatic N) is 1. The molecule has 1 atom stereocenters. The second-order valence-corrected chi connectivity index (χ2v) is 16.2. The lowest BCUT2D eigenvalue weighted by Crippen LogP contribution is -2.33. The van der Waals surface area contributed by atoms with Crippen molar-refractivity contribution in [3.8, 4) is 22.3 Å². The summed E-state index contributed by atoms with van der Waals surface area (Å²) in [7, 11) is 0. The van der Waals surface area contributed by atoms with Gasteiger partial charge in [-0.1, -0.05) is 178 Å². The first-order chi connectivity index (χ1) is 26.9. The molecule has 0 heterocycles. The van der Waals surface area contributed by atoms with Crippen LogP contribution in [0.3, 0.4) is 0 Å². The molecule has 3 aliphatic carbocycles. The van der Waals surface area contributed by atoms with E-state index >= 15 is 0 Å². The molecule has 7 aromatic carbocycles. The van der Waals surface area contributed by atoms with Crippen molar-refractivity contribution in [1.29, 1.82) is 0 Å². The molecular formula is C54H45N. The fourth-order valence-corrected chi connectivity index (χ4v) is 10.2. The van der Waals surface area contributed by atoms with Gasteiger partial charge < -0.3 is 4.90 Å². The normalized spacial score (nSPS) is 17.0. The molecule has 0 saturated heterocycles. The average Bonchev–Trinajstić information content (AvgIpc) is 3.67. The number of fused-ring (bicyclic) bond motifs is 5. The third-order valence-corrected chi connectivity index (χ3v) is 12.6. The number of aryl methyl sites for hydroxylation is 1. The summed E-state index contributed by atoms with van der Waals surface area (Å²) in [6.45, 7) is 9.39. The van der Waals surface area contributed by atoms with Gasteiger partial charge in [0.25, 0.3) is 0 Å². The maximum absolute atomic E-state index is 2.57. The van der Waals surface area contributed by atoms with Gasteiger partial charge in [-0.25, -0.2) is 0 Å². The number of anilines is 3. The van der Waals surface area contributed by atoms with E-state index < -0.39 is 5.41 Å². The third kappa shape index (κ3) is 4.92. The maximum Gasteiger partial charge on any atom is 0.0679 e. The van der Waals surface area contributed by atoms with Gasteiger partial charge in [-0.3, -0.25) is 0 Å². The van der Waals surface area contributed by atoms with Gasteiger partial charge in [0, 0.05) is 22.2 Å². The average molecular weight is 708 g/mol. The van der Waals surface area contributed by atoms with Crippen molar-refractivity contribution in [1.82, 2.24) is 0 Å². The highest BCUT2D eigenvalue weighted by Crippen LogP contribution is 2.62. The van der Waals surface area contributed by atoms with Gasteiger partial charge >= 0.3 is 0 Å². The first kappa shape index (κ1) is 33.4. The van der Waals surface area contributed by atoms with Crippen molar-refractivity contribution in [3.63, 3.8) is 0 Å². The summed E-state index contributed by atoms with van der Waals surface area (Å²) in [5.74, 6) is 0.354. The van der Waals surface area contributed by atoms with E-state index in [1.54, 1.807) is 0 Å². The smallest absolute Gasteiger partial charge is 0.0679 e. The molecule has 0 amide bonds. The lowest BCUT2D eigenvalue weighted by Gasteiger charge is -2.39. The van der Waals surface area contributed by atoms with Crippen molar-refractivity contribution >= 4 is 22.6 Å². The van der Waals surface area contributed by atoms with Gasteiger partial charge in [-0.2, -0.15) is 0 Å². The SMILES string of the molecule is Cc1ccc(N(c2ccc3c(c2)C(C)(C)c2ccccc2-3)c2cccc3c2C2=C(C(C)CC=C2)C3(c2ccccc2)c2ccccc2)c(-c2ccccc2)c1. The molecule has 1 nitrogen and oxygen atoms in total. The Morgan fingerprint density at radius 3 is 1.91 bits per heavy atom. The third-order valence-electron chi connectivity index (χ3n) is 12.6. The predicted molar refractivity (Wildman–Crippen MR) is 231 cm³/mol. The van der Waals surface area contributed by atoms with Gasteiger partial charge in [0.05, 0.1) is 16.8 Å². The van der Waals surface area contributed by atoms with Crippen LogP contribution in [0.1, 0.15) is 66.1 Å². The van der Waals surface area contributed by atoms with Gasteiger partial charge in [0.2, 0.25) is 0 Å². The fraction of sp³-hybridized carbons (Fsp3) is 0.148. The summed E-state index contributed by atoms with van der Waals surface area (Å²) >= 11 is 0. The van der Waals surface area contributed by atoms with Crippen LogP contribution < -0.4 is 4.90 Å². The Bertz CT molecular complexity index is 2620. The topological polar surface area (TPSA) is 3.24 Å². The predicted octanol–water partition coefficient (Wildman–Crippen LogP) is 14.1. The Hall–Kier alpha value is -6.18. The van der Waals surface area contributed by atoms with E-state index in [9.17, 15) is 0 Å². The van der Waals surface area contributed by atoms with E-state index in [2.05, 4.69) is 215 Å². The van der Waals surface area contributed by atoms with Crippen LogP contribution in [0.2, 0.25) is 0 Å². The summed E-state index contributed by atoms with van der Waals surface area (Å²) in [6.07, 6.45) is 5.85. The summed E-state index contributed by atoms with van der Waals surface area (Å²) < 4.78 is 0. The highest BCUT2D eigenvalue weighted by atomic mass is 15.1. The maximum atomic E-state index is 2.57. The summed E-state index contributed by atoms with van der Waals surface area (Å²) in [4.78, 5) is 2.57. The zero-order valence-corrected chi connectivity index (χ0v) is 32.1. The molecule has 0 bridgehead atoms. The van der Waals surface area contributed by atoms with Gasteiger partial charge in [0.15, 0.2) is 0 Å². The molecule has 10 rings (SSSR count). The van der Waals surface area contributed by atoms with Crippen LogP contribution in [-0.4, -0.2) is 0 Å².